The number of benzene rings is 2. The standard InChI is InChI=1S/C19H25N/c1-3-4-15-19(18-13-9-6-10-14-18)20-16(2)17-11-7-5-8-12-17/h5-14,16,19-20H,3-4,15H2,1-2H3/t16-,19+/m0/s1. The third-order valence-electron chi connectivity index (χ3n) is 3.80. The van der Waals surface area contributed by atoms with Gasteiger partial charge in [0.1, 0.15) is 0 Å². The second-order valence-corrected chi connectivity index (χ2v) is 5.40. The van der Waals surface area contributed by atoms with Crippen LogP contribution in [0.2, 0.25) is 0 Å². The second-order valence-electron chi connectivity index (χ2n) is 5.40. The predicted molar refractivity (Wildman–Crippen MR) is 86.7 cm³/mol. The Morgan fingerprint density at radius 3 is 1.95 bits per heavy atom. The fourth-order valence-corrected chi connectivity index (χ4v) is 2.58. The highest BCUT2D eigenvalue weighted by atomic mass is 14.9. The van der Waals surface area contributed by atoms with Gasteiger partial charge in [-0.1, -0.05) is 80.4 Å². The lowest BCUT2D eigenvalue weighted by Gasteiger charge is -2.24. The maximum Gasteiger partial charge on any atom is 0.0325 e. The summed E-state index contributed by atoms with van der Waals surface area (Å²) in [6.45, 7) is 4.50. The molecule has 0 aliphatic carbocycles. The number of hydrogen-bond donors (Lipinski definition) is 1. The van der Waals surface area contributed by atoms with Crippen molar-refractivity contribution in [2.24, 2.45) is 0 Å². The summed E-state index contributed by atoms with van der Waals surface area (Å²) in [7, 11) is 0. The summed E-state index contributed by atoms with van der Waals surface area (Å²) in [5, 5.41) is 3.78. The first kappa shape index (κ1) is 14.8. The van der Waals surface area contributed by atoms with Crippen LogP contribution in [0.5, 0.6) is 0 Å². The van der Waals surface area contributed by atoms with E-state index in [0.717, 1.165) is 0 Å². The molecule has 0 spiro atoms. The van der Waals surface area contributed by atoms with Crippen LogP contribution in [0.4, 0.5) is 0 Å². The van der Waals surface area contributed by atoms with Crippen molar-refractivity contribution < 1.29 is 0 Å². The molecule has 0 aromatic heterocycles. The summed E-state index contributed by atoms with van der Waals surface area (Å²) < 4.78 is 0. The van der Waals surface area contributed by atoms with Gasteiger partial charge in [-0.05, 0) is 24.5 Å². The Morgan fingerprint density at radius 2 is 1.40 bits per heavy atom. The Hall–Kier alpha value is -1.60. The molecule has 0 radical (unpaired) electrons. The first-order chi connectivity index (χ1) is 9.81. The number of unbranched alkanes of at least 4 members (excludes halogenated alkanes) is 1. The maximum atomic E-state index is 3.78. The predicted octanol–water partition coefficient (Wildman–Crippen LogP) is 5.27. The van der Waals surface area contributed by atoms with Crippen LogP contribution >= 0.6 is 0 Å². The minimum absolute atomic E-state index is 0.373. The van der Waals surface area contributed by atoms with Crippen molar-refractivity contribution in [3.8, 4) is 0 Å². The SMILES string of the molecule is CCCC[C@@H](N[C@@H](C)c1ccccc1)c1ccccc1. The van der Waals surface area contributed by atoms with Gasteiger partial charge in [-0.2, -0.15) is 0 Å². The molecular formula is C19H25N. The van der Waals surface area contributed by atoms with Gasteiger partial charge >= 0.3 is 0 Å². The van der Waals surface area contributed by atoms with Crippen LogP contribution in [0.15, 0.2) is 60.7 Å². The fourth-order valence-electron chi connectivity index (χ4n) is 2.58. The highest BCUT2D eigenvalue weighted by molar-refractivity contribution is 5.22. The monoisotopic (exact) mass is 267 g/mol. The van der Waals surface area contributed by atoms with E-state index in [1.165, 1.54) is 30.4 Å². The van der Waals surface area contributed by atoms with Crippen molar-refractivity contribution >= 4 is 0 Å². The third-order valence-corrected chi connectivity index (χ3v) is 3.80. The Kier molecular flexibility index (Phi) is 5.82. The van der Waals surface area contributed by atoms with E-state index in [2.05, 4.69) is 79.8 Å². The van der Waals surface area contributed by atoms with Gasteiger partial charge in [-0.3, -0.25) is 0 Å². The van der Waals surface area contributed by atoms with Gasteiger partial charge in [0, 0.05) is 12.1 Å². The quantitative estimate of drug-likeness (QED) is 0.720. The van der Waals surface area contributed by atoms with Gasteiger partial charge in [0.15, 0.2) is 0 Å². The molecule has 1 nitrogen and oxygen atoms in total. The Labute approximate surface area is 123 Å². The van der Waals surface area contributed by atoms with E-state index in [1.807, 2.05) is 0 Å². The molecule has 0 bridgehead atoms. The lowest BCUT2D eigenvalue weighted by molar-refractivity contribution is 0.431. The van der Waals surface area contributed by atoms with Gasteiger partial charge in [0.05, 0.1) is 0 Å². The van der Waals surface area contributed by atoms with Gasteiger partial charge in [0.2, 0.25) is 0 Å². The molecule has 0 amide bonds. The van der Waals surface area contributed by atoms with Gasteiger partial charge < -0.3 is 5.32 Å². The molecule has 0 aliphatic heterocycles. The lowest BCUT2D eigenvalue weighted by atomic mass is 9.99. The minimum atomic E-state index is 0.373. The van der Waals surface area contributed by atoms with Crippen LogP contribution in [0, 0.1) is 0 Å². The Morgan fingerprint density at radius 1 is 0.850 bits per heavy atom. The van der Waals surface area contributed by atoms with Crippen molar-refractivity contribution in [2.75, 3.05) is 0 Å². The maximum absolute atomic E-state index is 3.78. The molecule has 20 heavy (non-hydrogen) atoms. The van der Waals surface area contributed by atoms with Crippen molar-refractivity contribution in [1.29, 1.82) is 0 Å². The molecule has 0 unspecified atom stereocenters. The molecule has 0 saturated heterocycles. The molecule has 0 saturated carbocycles. The van der Waals surface area contributed by atoms with Crippen molar-refractivity contribution in [1.82, 2.24) is 5.32 Å². The summed E-state index contributed by atoms with van der Waals surface area (Å²) in [6, 6.07) is 22.3. The topological polar surface area (TPSA) is 12.0 Å². The first-order valence-corrected chi connectivity index (χ1v) is 7.67. The summed E-state index contributed by atoms with van der Waals surface area (Å²) in [6.07, 6.45) is 3.69. The van der Waals surface area contributed by atoms with Gasteiger partial charge in [-0.15, -0.1) is 0 Å². The van der Waals surface area contributed by atoms with E-state index in [9.17, 15) is 0 Å². The zero-order chi connectivity index (χ0) is 14.2. The van der Waals surface area contributed by atoms with Crippen molar-refractivity contribution in [2.45, 2.75) is 45.2 Å². The van der Waals surface area contributed by atoms with Crippen LogP contribution in [0.1, 0.15) is 56.3 Å². The largest absolute Gasteiger partial charge is 0.303 e. The smallest absolute Gasteiger partial charge is 0.0325 e. The van der Waals surface area contributed by atoms with E-state index in [1.54, 1.807) is 0 Å². The van der Waals surface area contributed by atoms with E-state index < -0.39 is 0 Å². The van der Waals surface area contributed by atoms with Crippen LogP contribution in [0.25, 0.3) is 0 Å². The van der Waals surface area contributed by atoms with Crippen LogP contribution < -0.4 is 5.32 Å². The molecule has 2 aromatic rings. The molecule has 1 heteroatoms. The molecule has 0 aliphatic rings. The van der Waals surface area contributed by atoms with E-state index in [0.29, 0.717) is 12.1 Å². The number of hydrogen-bond acceptors (Lipinski definition) is 1. The highest BCUT2D eigenvalue weighted by Crippen LogP contribution is 2.23. The molecule has 2 aromatic carbocycles. The summed E-state index contributed by atoms with van der Waals surface area (Å²) in [4.78, 5) is 0. The van der Waals surface area contributed by atoms with Crippen molar-refractivity contribution in [3.63, 3.8) is 0 Å². The second kappa shape index (κ2) is 7.86. The van der Waals surface area contributed by atoms with E-state index >= 15 is 0 Å². The van der Waals surface area contributed by atoms with Gasteiger partial charge in [0.25, 0.3) is 0 Å². The summed E-state index contributed by atoms with van der Waals surface area (Å²) in [5.74, 6) is 0. The average Bonchev–Trinajstić information content (AvgIpc) is 2.53. The lowest BCUT2D eigenvalue weighted by Crippen LogP contribution is -2.24. The average molecular weight is 267 g/mol. The van der Waals surface area contributed by atoms with Gasteiger partial charge in [-0.25, -0.2) is 0 Å². The van der Waals surface area contributed by atoms with E-state index in [-0.39, 0.29) is 0 Å². The highest BCUT2D eigenvalue weighted by Gasteiger charge is 2.14. The van der Waals surface area contributed by atoms with Crippen LogP contribution in [-0.4, -0.2) is 0 Å². The zero-order valence-corrected chi connectivity index (χ0v) is 12.5. The van der Waals surface area contributed by atoms with E-state index in [4.69, 9.17) is 0 Å². The first-order valence-electron chi connectivity index (χ1n) is 7.67. The molecule has 0 fully saturated rings. The van der Waals surface area contributed by atoms with Crippen LogP contribution in [0.3, 0.4) is 0 Å². The Balaban J connectivity index is 2.08. The molecule has 106 valence electrons. The third kappa shape index (κ3) is 4.21. The van der Waals surface area contributed by atoms with Crippen LogP contribution in [-0.2, 0) is 0 Å². The summed E-state index contributed by atoms with van der Waals surface area (Å²) >= 11 is 0. The minimum Gasteiger partial charge on any atom is -0.303 e. The zero-order valence-electron chi connectivity index (χ0n) is 12.5. The fraction of sp³-hybridized carbons (Fsp3) is 0.368. The molecule has 2 rings (SSSR count). The molecular weight excluding hydrogens is 242 g/mol. The summed E-state index contributed by atoms with van der Waals surface area (Å²) in [5.41, 5.74) is 2.74. The van der Waals surface area contributed by atoms with Crippen molar-refractivity contribution in [3.05, 3.63) is 71.8 Å². The molecule has 0 heterocycles. The molecule has 2 atom stereocenters. The molecule has 1 N–H and O–H groups in total. The Bertz CT molecular complexity index is 478. The number of nitrogens with one attached hydrogen (secondary N) is 1. The number of rotatable bonds is 7. The normalized spacial score (nSPS) is 13.9.